The number of aryl methyl sites for hydroxylation is 1. The predicted molar refractivity (Wildman–Crippen MR) is 76.3 cm³/mol. The maximum absolute atomic E-state index is 5.22. The van der Waals surface area contributed by atoms with Gasteiger partial charge in [0.25, 0.3) is 0 Å². The fraction of sp³-hybridized carbons (Fsp3) is 0.357. The molecule has 0 aliphatic heterocycles. The van der Waals surface area contributed by atoms with Gasteiger partial charge in [-0.3, -0.25) is 0 Å². The van der Waals surface area contributed by atoms with Gasteiger partial charge in [0, 0.05) is 10.9 Å². The second kappa shape index (κ2) is 5.50. The normalized spacial score (nSPS) is 12.4. The molecule has 0 aliphatic rings. The van der Waals surface area contributed by atoms with Gasteiger partial charge < -0.3 is 10.1 Å². The topological polar surface area (TPSA) is 34.2 Å². The number of methoxy groups -OCH3 is 1. The number of benzene rings is 1. The van der Waals surface area contributed by atoms with Gasteiger partial charge in [-0.15, -0.1) is 11.3 Å². The summed E-state index contributed by atoms with van der Waals surface area (Å²) in [5.41, 5.74) is 3.39. The summed E-state index contributed by atoms with van der Waals surface area (Å²) in [5.74, 6) is 0.885. The number of nitrogens with one attached hydrogen (secondary N) is 1. The van der Waals surface area contributed by atoms with Crippen LogP contribution < -0.4 is 10.1 Å². The van der Waals surface area contributed by atoms with Crippen LogP contribution in [-0.2, 0) is 0 Å². The average molecular weight is 262 g/mol. The fourth-order valence-corrected chi connectivity index (χ4v) is 2.67. The van der Waals surface area contributed by atoms with E-state index in [2.05, 4.69) is 35.6 Å². The lowest BCUT2D eigenvalue weighted by molar-refractivity contribution is 0.414. The Morgan fingerprint density at radius 3 is 2.78 bits per heavy atom. The number of hydrogen-bond acceptors (Lipinski definition) is 4. The Bertz CT molecular complexity index is 536. The molecule has 1 unspecified atom stereocenters. The summed E-state index contributed by atoms with van der Waals surface area (Å²) >= 11 is 1.69. The van der Waals surface area contributed by atoms with Crippen molar-refractivity contribution >= 4 is 11.3 Å². The molecule has 18 heavy (non-hydrogen) atoms. The lowest BCUT2D eigenvalue weighted by Gasteiger charge is -2.07. The Labute approximate surface area is 112 Å². The van der Waals surface area contributed by atoms with E-state index in [-0.39, 0.29) is 0 Å². The molecule has 0 spiro atoms. The lowest BCUT2D eigenvalue weighted by atomic mass is 10.1. The highest BCUT2D eigenvalue weighted by molar-refractivity contribution is 7.10. The van der Waals surface area contributed by atoms with E-state index < -0.39 is 0 Å². The first-order valence-electron chi connectivity index (χ1n) is 5.93. The van der Waals surface area contributed by atoms with Crippen molar-refractivity contribution in [3.05, 3.63) is 34.2 Å². The van der Waals surface area contributed by atoms with Crippen LogP contribution >= 0.6 is 11.3 Å². The molecular weight excluding hydrogens is 244 g/mol. The summed E-state index contributed by atoms with van der Waals surface area (Å²) in [5, 5.41) is 6.43. The monoisotopic (exact) mass is 262 g/mol. The third kappa shape index (κ3) is 2.54. The first-order chi connectivity index (χ1) is 8.65. The van der Waals surface area contributed by atoms with Gasteiger partial charge in [0.2, 0.25) is 0 Å². The molecule has 1 atom stereocenters. The summed E-state index contributed by atoms with van der Waals surface area (Å²) in [7, 11) is 3.63. The zero-order valence-corrected chi connectivity index (χ0v) is 12.0. The molecule has 1 aromatic heterocycles. The van der Waals surface area contributed by atoms with Crippen LogP contribution in [0.4, 0.5) is 0 Å². The van der Waals surface area contributed by atoms with E-state index >= 15 is 0 Å². The van der Waals surface area contributed by atoms with Crippen molar-refractivity contribution in [1.29, 1.82) is 0 Å². The van der Waals surface area contributed by atoms with Gasteiger partial charge >= 0.3 is 0 Å². The Hall–Kier alpha value is -1.39. The van der Waals surface area contributed by atoms with Crippen molar-refractivity contribution in [3.8, 4) is 17.0 Å². The Kier molecular flexibility index (Phi) is 3.99. The molecule has 0 saturated carbocycles. The Balaban J connectivity index is 2.34. The van der Waals surface area contributed by atoms with Crippen LogP contribution in [0.15, 0.2) is 23.6 Å². The third-order valence-corrected chi connectivity index (χ3v) is 4.06. The maximum Gasteiger partial charge on any atom is 0.119 e. The molecule has 2 aromatic rings. The van der Waals surface area contributed by atoms with Crippen LogP contribution in [0.2, 0.25) is 0 Å². The quantitative estimate of drug-likeness (QED) is 0.917. The number of aromatic nitrogens is 1. The number of thiazole rings is 1. The van der Waals surface area contributed by atoms with Crippen LogP contribution in [0.5, 0.6) is 5.75 Å². The minimum Gasteiger partial charge on any atom is -0.497 e. The smallest absolute Gasteiger partial charge is 0.119 e. The minimum absolute atomic E-state index is 0.294. The van der Waals surface area contributed by atoms with E-state index in [1.165, 1.54) is 11.1 Å². The van der Waals surface area contributed by atoms with Crippen LogP contribution in [0, 0.1) is 6.92 Å². The summed E-state index contributed by atoms with van der Waals surface area (Å²) in [6, 6.07) is 6.37. The molecule has 0 aliphatic carbocycles. The summed E-state index contributed by atoms with van der Waals surface area (Å²) in [6.07, 6.45) is 0. The van der Waals surface area contributed by atoms with Crippen LogP contribution in [-0.4, -0.2) is 19.1 Å². The van der Waals surface area contributed by atoms with E-state index in [1.54, 1.807) is 18.4 Å². The molecule has 0 bridgehead atoms. The van der Waals surface area contributed by atoms with Gasteiger partial charge in [-0.25, -0.2) is 4.98 Å². The van der Waals surface area contributed by atoms with Gasteiger partial charge in [-0.2, -0.15) is 0 Å². The molecule has 3 nitrogen and oxygen atoms in total. The highest BCUT2D eigenvalue weighted by atomic mass is 32.1. The molecule has 0 radical (unpaired) electrons. The molecule has 0 amide bonds. The highest BCUT2D eigenvalue weighted by Gasteiger charge is 2.11. The van der Waals surface area contributed by atoms with Gasteiger partial charge in [0.1, 0.15) is 10.8 Å². The SMILES string of the molecule is CNC(C)c1nc(-c2ccc(OC)cc2C)cs1. The van der Waals surface area contributed by atoms with Gasteiger partial charge in [-0.05, 0) is 44.7 Å². The van der Waals surface area contributed by atoms with E-state index in [0.29, 0.717) is 6.04 Å². The zero-order valence-electron chi connectivity index (χ0n) is 11.2. The summed E-state index contributed by atoms with van der Waals surface area (Å²) < 4.78 is 5.22. The van der Waals surface area contributed by atoms with Crippen LogP contribution in [0.25, 0.3) is 11.3 Å². The molecule has 0 fully saturated rings. The predicted octanol–water partition coefficient (Wildman–Crippen LogP) is 3.41. The maximum atomic E-state index is 5.22. The van der Waals surface area contributed by atoms with Crippen LogP contribution in [0.1, 0.15) is 23.5 Å². The van der Waals surface area contributed by atoms with E-state index in [9.17, 15) is 0 Å². The molecule has 96 valence electrons. The molecule has 4 heteroatoms. The molecule has 1 heterocycles. The number of rotatable bonds is 4. The van der Waals surface area contributed by atoms with Crippen molar-refractivity contribution in [1.82, 2.24) is 10.3 Å². The summed E-state index contributed by atoms with van der Waals surface area (Å²) in [4.78, 5) is 4.68. The number of ether oxygens (including phenoxy) is 1. The van der Waals surface area contributed by atoms with Crippen molar-refractivity contribution < 1.29 is 4.74 Å². The Morgan fingerprint density at radius 2 is 2.17 bits per heavy atom. The largest absolute Gasteiger partial charge is 0.497 e. The van der Waals surface area contributed by atoms with Crippen molar-refractivity contribution in [2.24, 2.45) is 0 Å². The van der Waals surface area contributed by atoms with Crippen molar-refractivity contribution in [3.63, 3.8) is 0 Å². The number of hydrogen-bond donors (Lipinski definition) is 1. The van der Waals surface area contributed by atoms with Crippen molar-refractivity contribution in [2.75, 3.05) is 14.2 Å². The molecule has 2 rings (SSSR count). The first kappa shape index (κ1) is 13.1. The van der Waals surface area contributed by atoms with Crippen molar-refractivity contribution in [2.45, 2.75) is 19.9 Å². The first-order valence-corrected chi connectivity index (χ1v) is 6.81. The van der Waals surface area contributed by atoms with E-state index in [0.717, 1.165) is 16.5 Å². The molecular formula is C14H18N2OS. The average Bonchev–Trinajstić information content (AvgIpc) is 2.87. The second-order valence-corrected chi connectivity index (χ2v) is 5.15. The second-order valence-electron chi connectivity index (χ2n) is 4.26. The summed E-state index contributed by atoms with van der Waals surface area (Å²) in [6.45, 7) is 4.20. The lowest BCUT2D eigenvalue weighted by Crippen LogP contribution is -2.11. The number of nitrogens with zero attached hydrogens (tertiary/aromatic N) is 1. The highest BCUT2D eigenvalue weighted by Crippen LogP contribution is 2.29. The van der Waals surface area contributed by atoms with E-state index in [1.807, 2.05) is 19.2 Å². The Morgan fingerprint density at radius 1 is 1.39 bits per heavy atom. The van der Waals surface area contributed by atoms with Gasteiger partial charge in [0.15, 0.2) is 0 Å². The minimum atomic E-state index is 0.294. The molecule has 1 aromatic carbocycles. The zero-order chi connectivity index (χ0) is 13.1. The molecule has 1 N–H and O–H groups in total. The van der Waals surface area contributed by atoms with Gasteiger partial charge in [0.05, 0.1) is 18.8 Å². The fourth-order valence-electron chi connectivity index (χ4n) is 1.78. The molecule has 0 saturated heterocycles. The third-order valence-electron chi connectivity index (χ3n) is 3.03. The van der Waals surface area contributed by atoms with Crippen LogP contribution in [0.3, 0.4) is 0 Å². The van der Waals surface area contributed by atoms with Gasteiger partial charge in [-0.1, -0.05) is 0 Å². The van der Waals surface area contributed by atoms with E-state index in [4.69, 9.17) is 4.74 Å². The standard InChI is InChI=1S/C14H18N2OS/c1-9-7-11(17-4)5-6-12(9)13-8-18-14(16-13)10(2)15-3/h5-8,10,15H,1-4H3.